The van der Waals surface area contributed by atoms with Crippen molar-refractivity contribution < 1.29 is 14.3 Å². The quantitative estimate of drug-likeness (QED) is 0.658. The van der Waals surface area contributed by atoms with E-state index in [1.807, 2.05) is 55.5 Å². The highest BCUT2D eigenvalue weighted by Crippen LogP contribution is 2.11. The monoisotopic (exact) mass is 298 g/mol. The van der Waals surface area contributed by atoms with E-state index in [0.29, 0.717) is 5.75 Å². The van der Waals surface area contributed by atoms with Crippen molar-refractivity contribution in [2.75, 3.05) is 13.7 Å². The van der Waals surface area contributed by atoms with Crippen LogP contribution in [0.2, 0.25) is 0 Å². The van der Waals surface area contributed by atoms with Crippen molar-refractivity contribution in [2.24, 2.45) is 5.10 Å². The summed E-state index contributed by atoms with van der Waals surface area (Å²) in [6.07, 6.45) is 1.56. The maximum Gasteiger partial charge on any atom is 0.277 e. The van der Waals surface area contributed by atoms with Crippen LogP contribution in [0.5, 0.6) is 11.5 Å². The first-order valence-corrected chi connectivity index (χ1v) is 6.83. The van der Waals surface area contributed by atoms with Gasteiger partial charge in [-0.25, -0.2) is 5.43 Å². The molecule has 0 fully saturated rings. The largest absolute Gasteiger partial charge is 0.497 e. The molecule has 0 saturated carbocycles. The summed E-state index contributed by atoms with van der Waals surface area (Å²) in [5, 5.41) is 3.88. The van der Waals surface area contributed by atoms with Crippen LogP contribution in [-0.2, 0) is 4.79 Å². The number of hydrogen-bond acceptors (Lipinski definition) is 4. The van der Waals surface area contributed by atoms with Gasteiger partial charge in [0.05, 0.1) is 13.3 Å². The van der Waals surface area contributed by atoms with Gasteiger partial charge in [0.15, 0.2) is 6.61 Å². The Morgan fingerprint density at radius 3 is 2.36 bits per heavy atom. The summed E-state index contributed by atoms with van der Waals surface area (Å²) >= 11 is 0. The van der Waals surface area contributed by atoms with E-state index in [1.165, 1.54) is 0 Å². The molecular weight excluding hydrogens is 280 g/mol. The Kier molecular flexibility index (Phi) is 5.54. The highest BCUT2D eigenvalue weighted by atomic mass is 16.5. The second-order valence-electron chi connectivity index (χ2n) is 4.67. The van der Waals surface area contributed by atoms with Gasteiger partial charge in [0, 0.05) is 0 Å². The van der Waals surface area contributed by atoms with Gasteiger partial charge in [-0.1, -0.05) is 17.7 Å². The molecule has 0 saturated heterocycles. The number of hydrogen-bond donors (Lipinski definition) is 1. The third kappa shape index (κ3) is 4.94. The molecule has 0 aliphatic carbocycles. The van der Waals surface area contributed by atoms with Crippen molar-refractivity contribution in [3.8, 4) is 11.5 Å². The summed E-state index contributed by atoms with van der Waals surface area (Å²) < 4.78 is 10.4. The molecule has 1 N–H and O–H groups in total. The van der Waals surface area contributed by atoms with Crippen molar-refractivity contribution >= 4 is 12.1 Å². The van der Waals surface area contributed by atoms with Gasteiger partial charge in [-0.05, 0) is 48.9 Å². The van der Waals surface area contributed by atoms with E-state index in [4.69, 9.17) is 9.47 Å². The summed E-state index contributed by atoms with van der Waals surface area (Å²) in [5.41, 5.74) is 4.42. The second kappa shape index (κ2) is 7.83. The zero-order valence-electron chi connectivity index (χ0n) is 12.6. The van der Waals surface area contributed by atoms with E-state index < -0.39 is 0 Å². The van der Waals surface area contributed by atoms with Crippen molar-refractivity contribution in [3.05, 3.63) is 59.7 Å². The molecule has 0 aliphatic rings. The zero-order valence-corrected chi connectivity index (χ0v) is 12.6. The molecule has 1 amide bonds. The smallest absolute Gasteiger partial charge is 0.277 e. The van der Waals surface area contributed by atoms with E-state index in [1.54, 1.807) is 13.3 Å². The van der Waals surface area contributed by atoms with Gasteiger partial charge in [-0.2, -0.15) is 5.10 Å². The summed E-state index contributed by atoms with van der Waals surface area (Å²) in [5.74, 6) is 1.11. The van der Waals surface area contributed by atoms with E-state index in [-0.39, 0.29) is 12.5 Å². The molecule has 22 heavy (non-hydrogen) atoms. The Labute approximate surface area is 129 Å². The molecule has 0 unspecified atom stereocenters. The highest BCUT2D eigenvalue weighted by Gasteiger charge is 2.01. The number of carbonyl (C=O) groups excluding carboxylic acids is 1. The Hall–Kier alpha value is -2.82. The molecule has 2 rings (SSSR count). The maximum atomic E-state index is 11.6. The average Bonchev–Trinajstić information content (AvgIpc) is 2.55. The third-order valence-corrected chi connectivity index (χ3v) is 2.91. The van der Waals surface area contributed by atoms with Gasteiger partial charge < -0.3 is 9.47 Å². The molecule has 2 aromatic rings. The van der Waals surface area contributed by atoms with Crippen molar-refractivity contribution in [1.29, 1.82) is 0 Å². The first-order chi connectivity index (χ1) is 10.7. The van der Waals surface area contributed by atoms with Gasteiger partial charge in [0.25, 0.3) is 5.91 Å². The molecule has 5 heteroatoms. The Bertz CT molecular complexity index is 634. The SMILES string of the molecule is COc1ccc(/C=N\NC(=O)COc2ccc(C)cc2)cc1. The number of amides is 1. The molecule has 5 nitrogen and oxygen atoms in total. The number of aryl methyl sites for hydroxylation is 1. The average molecular weight is 298 g/mol. The molecule has 0 aromatic heterocycles. The van der Waals surface area contributed by atoms with Crippen LogP contribution in [0.1, 0.15) is 11.1 Å². The fourth-order valence-electron chi connectivity index (χ4n) is 1.68. The molecular formula is C17H18N2O3. The number of carbonyl (C=O) groups is 1. The normalized spacial score (nSPS) is 10.5. The lowest BCUT2D eigenvalue weighted by Crippen LogP contribution is -2.24. The van der Waals surface area contributed by atoms with Crippen LogP contribution in [-0.4, -0.2) is 25.8 Å². The van der Waals surface area contributed by atoms with Crippen LogP contribution in [0, 0.1) is 6.92 Å². The minimum Gasteiger partial charge on any atom is -0.497 e. The van der Waals surface area contributed by atoms with Gasteiger partial charge in [0.1, 0.15) is 11.5 Å². The van der Waals surface area contributed by atoms with E-state index >= 15 is 0 Å². The van der Waals surface area contributed by atoms with Crippen LogP contribution in [0.3, 0.4) is 0 Å². The first kappa shape index (κ1) is 15.6. The van der Waals surface area contributed by atoms with Gasteiger partial charge in [-0.3, -0.25) is 4.79 Å². The molecule has 0 spiro atoms. The third-order valence-electron chi connectivity index (χ3n) is 2.91. The van der Waals surface area contributed by atoms with Gasteiger partial charge in [0.2, 0.25) is 0 Å². The number of hydrazone groups is 1. The lowest BCUT2D eigenvalue weighted by atomic mass is 10.2. The van der Waals surface area contributed by atoms with E-state index in [2.05, 4.69) is 10.5 Å². The maximum absolute atomic E-state index is 11.6. The van der Waals surface area contributed by atoms with E-state index in [9.17, 15) is 4.79 Å². The van der Waals surface area contributed by atoms with Crippen molar-refractivity contribution in [1.82, 2.24) is 5.43 Å². The van der Waals surface area contributed by atoms with E-state index in [0.717, 1.165) is 16.9 Å². The lowest BCUT2D eigenvalue weighted by Gasteiger charge is -2.05. The number of methoxy groups -OCH3 is 1. The number of rotatable bonds is 6. The molecule has 0 aliphatic heterocycles. The minimum atomic E-state index is -0.315. The molecule has 0 heterocycles. The second-order valence-corrected chi connectivity index (χ2v) is 4.67. The number of benzene rings is 2. The Morgan fingerprint density at radius 2 is 1.73 bits per heavy atom. The highest BCUT2D eigenvalue weighted by molar-refractivity contribution is 5.83. The summed E-state index contributed by atoms with van der Waals surface area (Å²) in [7, 11) is 1.61. The molecule has 114 valence electrons. The summed E-state index contributed by atoms with van der Waals surface area (Å²) in [6, 6.07) is 14.8. The van der Waals surface area contributed by atoms with Crippen molar-refractivity contribution in [3.63, 3.8) is 0 Å². The number of ether oxygens (including phenoxy) is 2. The topological polar surface area (TPSA) is 59.9 Å². The van der Waals surface area contributed by atoms with Crippen LogP contribution in [0.15, 0.2) is 53.6 Å². The van der Waals surface area contributed by atoms with Gasteiger partial charge >= 0.3 is 0 Å². The summed E-state index contributed by atoms with van der Waals surface area (Å²) in [4.78, 5) is 11.6. The van der Waals surface area contributed by atoms with Crippen LogP contribution >= 0.6 is 0 Å². The first-order valence-electron chi connectivity index (χ1n) is 6.83. The Morgan fingerprint density at radius 1 is 1.09 bits per heavy atom. The molecule has 0 bridgehead atoms. The van der Waals surface area contributed by atoms with Crippen LogP contribution in [0.25, 0.3) is 0 Å². The fourth-order valence-corrected chi connectivity index (χ4v) is 1.68. The van der Waals surface area contributed by atoms with Crippen molar-refractivity contribution in [2.45, 2.75) is 6.92 Å². The predicted molar refractivity (Wildman–Crippen MR) is 85.4 cm³/mol. The Balaban J connectivity index is 1.76. The minimum absolute atomic E-state index is 0.0803. The zero-order chi connectivity index (χ0) is 15.8. The van der Waals surface area contributed by atoms with Crippen LogP contribution in [0.4, 0.5) is 0 Å². The summed E-state index contributed by atoms with van der Waals surface area (Å²) in [6.45, 7) is 1.91. The number of nitrogens with one attached hydrogen (secondary N) is 1. The molecule has 0 atom stereocenters. The molecule has 2 aromatic carbocycles. The standard InChI is InChI=1S/C17H18N2O3/c1-13-3-7-16(8-4-13)22-12-17(20)19-18-11-14-5-9-15(21-2)10-6-14/h3-11H,12H2,1-2H3,(H,19,20)/b18-11-. The molecule has 0 radical (unpaired) electrons. The predicted octanol–water partition coefficient (Wildman–Crippen LogP) is 2.53. The number of nitrogens with zero attached hydrogens (tertiary/aromatic N) is 1. The lowest BCUT2D eigenvalue weighted by molar-refractivity contribution is -0.123. The van der Waals surface area contributed by atoms with Gasteiger partial charge in [-0.15, -0.1) is 0 Å². The fraction of sp³-hybridized carbons (Fsp3) is 0.176. The van der Waals surface area contributed by atoms with Crippen LogP contribution < -0.4 is 14.9 Å².